The Morgan fingerprint density at radius 1 is 0.944 bits per heavy atom. The van der Waals surface area contributed by atoms with Crippen LogP contribution in [0.2, 0.25) is 0 Å². The number of nitrogens with one attached hydrogen (secondary N) is 2. The maximum absolute atomic E-state index is 14.4. The van der Waals surface area contributed by atoms with Crippen molar-refractivity contribution in [3.05, 3.63) is 88.7 Å². The highest BCUT2D eigenvalue weighted by atomic mass is 19.1. The van der Waals surface area contributed by atoms with Crippen LogP contribution < -0.4 is 35.6 Å². The number of nitrogens with zero attached hydrogens (tertiary/aromatic N) is 5. The van der Waals surface area contributed by atoms with Gasteiger partial charge in [0.25, 0.3) is 5.56 Å². The van der Waals surface area contributed by atoms with Gasteiger partial charge in [-0.1, -0.05) is 12.1 Å². The Bertz CT molecular complexity index is 2040. The number of benzene rings is 3. The molecule has 4 amide bonds. The summed E-state index contributed by atoms with van der Waals surface area (Å²) in [6, 6.07) is 14.3. The van der Waals surface area contributed by atoms with E-state index in [1.54, 1.807) is 75.2 Å². The summed E-state index contributed by atoms with van der Waals surface area (Å²) in [5.41, 5.74) is -0.142. The lowest BCUT2D eigenvalue weighted by molar-refractivity contribution is -0.136. The number of amides is 4. The standard InChI is InChI=1S/C38H46FN7O8/c1-23(45(30-17-16-27(52-6)22-31(30)53-7)36(50)40-26-14-12-25(39)13-15-26)33-41-29-11-9-8-10-28(29)34(48)46(33)44-20-18-43(19-21-44)35(49)32(24(2)47)42-37(51)54-38(3,4)5/h8-17,22-24,32,47H,18-21H2,1-7H3,(H,40,50)(H,42,51). The van der Waals surface area contributed by atoms with Crippen LogP contribution in [0.1, 0.15) is 46.5 Å². The molecule has 4 aromatic rings. The van der Waals surface area contributed by atoms with Gasteiger partial charge in [0.15, 0.2) is 5.82 Å². The Morgan fingerprint density at radius 3 is 2.22 bits per heavy atom. The summed E-state index contributed by atoms with van der Waals surface area (Å²) in [5.74, 6) is 0.00338. The normalized spacial score (nSPS) is 14.8. The first-order chi connectivity index (χ1) is 25.6. The van der Waals surface area contributed by atoms with Gasteiger partial charge in [-0.25, -0.2) is 23.6 Å². The molecule has 1 saturated heterocycles. The van der Waals surface area contributed by atoms with Crippen molar-refractivity contribution in [1.82, 2.24) is 19.9 Å². The van der Waals surface area contributed by atoms with E-state index in [-0.39, 0.29) is 32.0 Å². The number of alkyl carbamates (subject to hydrolysis) is 1. The molecule has 0 spiro atoms. The van der Waals surface area contributed by atoms with E-state index in [1.807, 2.05) is 0 Å². The molecule has 3 aromatic carbocycles. The molecule has 3 unspecified atom stereocenters. The number of ether oxygens (including phenoxy) is 3. The first-order valence-corrected chi connectivity index (χ1v) is 17.4. The van der Waals surface area contributed by atoms with Crippen LogP contribution in [0.15, 0.2) is 71.5 Å². The lowest BCUT2D eigenvalue weighted by atomic mass is 10.1. The van der Waals surface area contributed by atoms with Gasteiger partial charge in [-0.2, -0.15) is 0 Å². The number of aromatic nitrogens is 2. The largest absolute Gasteiger partial charge is 0.497 e. The van der Waals surface area contributed by atoms with Crippen LogP contribution in [0.5, 0.6) is 11.5 Å². The van der Waals surface area contributed by atoms with E-state index in [1.165, 1.54) is 59.9 Å². The van der Waals surface area contributed by atoms with Gasteiger partial charge in [0.05, 0.1) is 56.0 Å². The number of piperazine rings is 1. The average molecular weight is 748 g/mol. The van der Waals surface area contributed by atoms with Crippen molar-refractivity contribution in [2.24, 2.45) is 0 Å². The van der Waals surface area contributed by atoms with Crippen LogP contribution in [0.25, 0.3) is 10.9 Å². The highest BCUT2D eigenvalue weighted by Crippen LogP contribution is 2.37. The van der Waals surface area contributed by atoms with Gasteiger partial charge in [0.2, 0.25) is 5.91 Å². The molecule has 1 fully saturated rings. The number of rotatable bonds is 10. The fraction of sp³-hybridized carbons (Fsp3) is 0.395. The highest BCUT2D eigenvalue weighted by Gasteiger charge is 2.36. The van der Waals surface area contributed by atoms with Gasteiger partial charge >= 0.3 is 12.1 Å². The van der Waals surface area contributed by atoms with Crippen LogP contribution >= 0.6 is 0 Å². The summed E-state index contributed by atoms with van der Waals surface area (Å²) in [5, 5.41) is 17.8. The van der Waals surface area contributed by atoms with E-state index in [0.29, 0.717) is 33.8 Å². The minimum absolute atomic E-state index is 0.131. The van der Waals surface area contributed by atoms with E-state index in [2.05, 4.69) is 10.6 Å². The van der Waals surface area contributed by atoms with Gasteiger partial charge < -0.3 is 39.9 Å². The van der Waals surface area contributed by atoms with Gasteiger partial charge in [0, 0.05) is 24.8 Å². The van der Waals surface area contributed by atoms with Crippen LogP contribution in [-0.2, 0) is 9.53 Å². The molecule has 0 saturated carbocycles. The van der Waals surface area contributed by atoms with Gasteiger partial charge in [-0.05, 0) is 83.1 Å². The van der Waals surface area contributed by atoms with Crippen LogP contribution in [0.3, 0.4) is 0 Å². The fourth-order valence-corrected chi connectivity index (χ4v) is 6.13. The van der Waals surface area contributed by atoms with E-state index in [4.69, 9.17) is 19.2 Å². The van der Waals surface area contributed by atoms with Crippen molar-refractivity contribution in [3.8, 4) is 11.5 Å². The summed E-state index contributed by atoms with van der Waals surface area (Å²) in [4.78, 5) is 62.6. The number of carbonyl (C=O) groups excluding carboxylic acids is 3. The second kappa shape index (κ2) is 16.4. The molecule has 288 valence electrons. The summed E-state index contributed by atoms with van der Waals surface area (Å²) < 4.78 is 31.6. The zero-order valence-electron chi connectivity index (χ0n) is 31.3. The summed E-state index contributed by atoms with van der Waals surface area (Å²) in [6.45, 7) is 8.78. The molecule has 2 heterocycles. The number of aliphatic hydroxyl groups is 1. The van der Waals surface area contributed by atoms with Gasteiger partial charge in [-0.15, -0.1) is 0 Å². The number of halogens is 1. The fourth-order valence-electron chi connectivity index (χ4n) is 6.13. The maximum atomic E-state index is 14.4. The summed E-state index contributed by atoms with van der Waals surface area (Å²) in [7, 11) is 2.96. The van der Waals surface area contributed by atoms with Crippen LogP contribution in [0.4, 0.5) is 25.4 Å². The zero-order valence-corrected chi connectivity index (χ0v) is 31.3. The molecule has 3 atom stereocenters. The lowest BCUT2D eigenvalue weighted by Gasteiger charge is -2.40. The Labute approximate surface area is 312 Å². The topological polar surface area (TPSA) is 168 Å². The van der Waals surface area contributed by atoms with E-state index < -0.39 is 53.2 Å². The number of methoxy groups -OCH3 is 2. The summed E-state index contributed by atoms with van der Waals surface area (Å²) >= 11 is 0. The average Bonchev–Trinajstić information content (AvgIpc) is 3.14. The zero-order chi connectivity index (χ0) is 39.3. The van der Waals surface area contributed by atoms with Gasteiger partial charge in [0.1, 0.15) is 29.0 Å². The van der Waals surface area contributed by atoms with E-state index in [0.717, 1.165) is 0 Å². The molecule has 1 aromatic heterocycles. The van der Waals surface area contributed by atoms with Crippen LogP contribution in [-0.4, -0.2) is 95.8 Å². The SMILES string of the molecule is COc1ccc(N(C(=O)Nc2ccc(F)cc2)C(C)c2nc3ccccc3c(=O)n2N2CCN(C(=O)C(NC(=O)OC(C)(C)C)C(C)O)CC2)c(OC)c1. The lowest BCUT2D eigenvalue weighted by Crippen LogP contribution is -2.61. The number of aliphatic hydroxyl groups excluding tert-OH is 1. The van der Waals surface area contributed by atoms with Crippen molar-refractivity contribution in [1.29, 1.82) is 0 Å². The molecule has 3 N–H and O–H groups in total. The molecule has 5 rings (SSSR count). The molecule has 0 aliphatic carbocycles. The van der Waals surface area contributed by atoms with Crippen molar-refractivity contribution in [2.75, 3.05) is 55.6 Å². The van der Waals surface area contributed by atoms with E-state index >= 15 is 0 Å². The first kappa shape index (κ1) is 39.3. The van der Waals surface area contributed by atoms with Gasteiger partial charge in [-0.3, -0.25) is 14.5 Å². The minimum atomic E-state index is -1.26. The smallest absolute Gasteiger partial charge is 0.408 e. The molecule has 1 aliphatic heterocycles. The number of fused-ring (bicyclic) bond motifs is 1. The minimum Gasteiger partial charge on any atom is -0.497 e. The second-order valence-corrected chi connectivity index (χ2v) is 13.8. The maximum Gasteiger partial charge on any atom is 0.408 e. The number of para-hydroxylation sites is 1. The monoisotopic (exact) mass is 747 g/mol. The molecule has 0 radical (unpaired) electrons. The second-order valence-electron chi connectivity index (χ2n) is 13.8. The third kappa shape index (κ3) is 8.82. The number of carbonyl (C=O) groups is 3. The van der Waals surface area contributed by atoms with Crippen molar-refractivity contribution in [3.63, 3.8) is 0 Å². The summed E-state index contributed by atoms with van der Waals surface area (Å²) in [6.07, 6.45) is -2.06. The highest BCUT2D eigenvalue weighted by molar-refractivity contribution is 6.03. The molecule has 0 bridgehead atoms. The Morgan fingerprint density at radius 2 is 1.61 bits per heavy atom. The Hall–Kier alpha value is -5.90. The van der Waals surface area contributed by atoms with Crippen molar-refractivity contribution >= 4 is 40.3 Å². The van der Waals surface area contributed by atoms with Crippen molar-refractivity contribution < 1.29 is 38.1 Å². The molecule has 1 aliphatic rings. The first-order valence-electron chi connectivity index (χ1n) is 17.4. The molecule has 54 heavy (non-hydrogen) atoms. The third-order valence-electron chi connectivity index (χ3n) is 8.77. The van der Waals surface area contributed by atoms with E-state index in [9.17, 15) is 28.7 Å². The number of hydrogen-bond donors (Lipinski definition) is 3. The molecule has 16 heteroatoms. The Kier molecular flexibility index (Phi) is 11.9. The molecular weight excluding hydrogens is 701 g/mol. The predicted molar refractivity (Wildman–Crippen MR) is 201 cm³/mol. The molecule has 15 nitrogen and oxygen atoms in total. The Balaban J connectivity index is 1.52. The van der Waals surface area contributed by atoms with Crippen molar-refractivity contribution in [2.45, 2.75) is 58.4 Å². The third-order valence-corrected chi connectivity index (χ3v) is 8.77. The van der Waals surface area contributed by atoms with Crippen LogP contribution in [0, 0.1) is 5.82 Å². The quantitative estimate of drug-likeness (QED) is 0.212. The number of hydrogen-bond acceptors (Lipinski definition) is 10. The number of urea groups is 1. The molecular formula is C38H46FN7O8. The predicted octanol–water partition coefficient (Wildman–Crippen LogP) is 4.41. The number of anilines is 2.